The molecule has 8 heteroatoms. The lowest BCUT2D eigenvalue weighted by Gasteiger charge is -2.07. The van der Waals surface area contributed by atoms with Crippen molar-refractivity contribution < 1.29 is 27.9 Å². The highest BCUT2D eigenvalue weighted by molar-refractivity contribution is 5.98. The van der Waals surface area contributed by atoms with E-state index in [2.05, 4.69) is 10.9 Å². The zero-order valence-corrected chi connectivity index (χ0v) is 15.6. The van der Waals surface area contributed by atoms with E-state index in [0.717, 1.165) is 0 Å². The van der Waals surface area contributed by atoms with Crippen LogP contribution < -0.4 is 20.3 Å². The van der Waals surface area contributed by atoms with Crippen molar-refractivity contribution in [3.63, 3.8) is 0 Å². The highest BCUT2D eigenvalue weighted by Crippen LogP contribution is 2.15. The number of rotatable bonds is 7. The van der Waals surface area contributed by atoms with Crippen LogP contribution in [-0.4, -0.2) is 18.4 Å². The van der Waals surface area contributed by atoms with Crippen LogP contribution in [-0.2, 0) is 6.61 Å². The van der Waals surface area contributed by atoms with Crippen LogP contribution >= 0.6 is 0 Å². The molecule has 0 saturated carbocycles. The minimum absolute atomic E-state index is 0.00898. The third-order valence-corrected chi connectivity index (χ3v) is 3.80. The smallest absolute Gasteiger partial charge is 0.305 e. The van der Waals surface area contributed by atoms with Gasteiger partial charge in [0.2, 0.25) is 0 Å². The number of furan rings is 1. The summed E-state index contributed by atoms with van der Waals surface area (Å²) in [5.41, 5.74) is 4.96. The van der Waals surface area contributed by atoms with Crippen molar-refractivity contribution in [2.75, 3.05) is 6.61 Å². The first-order chi connectivity index (χ1) is 14.0. The Morgan fingerprint density at radius 1 is 0.862 bits per heavy atom. The quantitative estimate of drug-likeness (QED) is 0.595. The van der Waals surface area contributed by atoms with Gasteiger partial charge in [0.05, 0.1) is 6.61 Å². The number of carbonyl (C=O) groups is 2. The molecule has 2 aromatic carbocycles. The second-order valence-corrected chi connectivity index (χ2v) is 5.87. The van der Waals surface area contributed by atoms with Crippen LogP contribution in [0.1, 0.15) is 33.6 Å². The van der Waals surface area contributed by atoms with E-state index in [4.69, 9.17) is 13.9 Å². The molecule has 29 heavy (non-hydrogen) atoms. The van der Waals surface area contributed by atoms with Gasteiger partial charge in [0.15, 0.2) is 5.76 Å². The summed E-state index contributed by atoms with van der Waals surface area (Å²) in [6.07, 6.45) is 0. The summed E-state index contributed by atoms with van der Waals surface area (Å²) in [4.78, 5) is 24.2. The lowest BCUT2D eigenvalue weighted by atomic mass is 10.2. The van der Waals surface area contributed by atoms with Gasteiger partial charge in [0.25, 0.3) is 5.91 Å². The average Bonchev–Trinajstić information content (AvgIpc) is 3.21. The molecular weight excluding hydrogens is 379 g/mol. The molecule has 1 aromatic heterocycles. The van der Waals surface area contributed by atoms with Gasteiger partial charge in [0, 0.05) is 5.56 Å². The fourth-order valence-corrected chi connectivity index (χ4v) is 2.38. The molecule has 7 nitrogen and oxygen atoms in total. The van der Waals surface area contributed by atoms with Gasteiger partial charge >= 0.3 is 5.91 Å². The Labute approximate surface area is 166 Å². The van der Waals surface area contributed by atoms with Crippen molar-refractivity contribution in [2.24, 2.45) is 0 Å². The lowest BCUT2D eigenvalue weighted by Crippen LogP contribution is -2.41. The molecule has 0 radical (unpaired) electrons. The molecule has 3 rings (SSSR count). The maximum absolute atomic E-state index is 12.9. The van der Waals surface area contributed by atoms with Crippen LogP contribution in [0.5, 0.6) is 11.5 Å². The van der Waals surface area contributed by atoms with E-state index in [9.17, 15) is 14.0 Å². The summed E-state index contributed by atoms with van der Waals surface area (Å²) < 4.78 is 29.0. The van der Waals surface area contributed by atoms with Crippen LogP contribution in [0.15, 0.2) is 65.1 Å². The first-order valence-electron chi connectivity index (χ1n) is 8.86. The Bertz CT molecular complexity index is 967. The van der Waals surface area contributed by atoms with Crippen molar-refractivity contribution in [3.8, 4) is 11.5 Å². The predicted octanol–water partition coefficient (Wildman–Crippen LogP) is 3.47. The zero-order chi connectivity index (χ0) is 20.6. The van der Waals surface area contributed by atoms with E-state index in [1.807, 2.05) is 6.92 Å². The molecule has 0 saturated heterocycles. The van der Waals surface area contributed by atoms with Gasteiger partial charge in [-0.05, 0) is 67.6 Å². The molecule has 0 spiro atoms. The van der Waals surface area contributed by atoms with Crippen molar-refractivity contribution in [1.29, 1.82) is 0 Å². The topological polar surface area (TPSA) is 89.8 Å². The molecule has 1 heterocycles. The van der Waals surface area contributed by atoms with Gasteiger partial charge in [-0.3, -0.25) is 20.4 Å². The maximum Gasteiger partial charge on any atom is 0.305 e. The molecule has 0 bridgehead atoms. The van der Waals surface area contributed by atoms with Crippen molar-refractivity contribution >= 4 is 11.8 Å². The van der Waals surface area contributed by atoms with E-state index >= 15 is 0 Å². The molecule has 0 atom stereocenters. The molecule has 3 aromatic rings. The molecule has 0 aliphatic heterocycles. The van der Waals surface area contributed by atoms with Crippen LogP contribution in [0.25, 0.3) is 0 Å². The Kier molecular flexibility index (Phi) is 6.47. The first kappa shape index (κ1) is 19.9. The third kappa shape index (κ3) is 5.58. The van der Waals surface area contributed by atoms with Crippen LogP contribution in [0.2, 0.25) is 0 Å². The average molecular weight is 398 g/mol. The maximum atomic E-state index is 12.9. The molecule has 0 aliphatic rings. The van der Waals surface area contributed by atoms with Crippen molar-refractivity contribution in [3.05, 3.63) is 83.6 Å². The number of carbonyl (C=O) groups excluding carboxylic acids is 2. The number of hydrogen-bond donors (Lipinski definition) is 2. The van der Waals surface area contributed by atoms with E-state index in [-0.39, 0.29) is 18.2 Å². The van der Waals surface area contributed by atoms with E-state index < -0.39 is 11.8 Å². The number of halogens is 1. The minimum Gasteiger partial charge on any atom is -0.494 e. The van der Waals surface area contributed by atoms with Gasteiger partial charge < -0.3 is 13.9 Å². The van der Waals surface area contributed by atoms with Gasteiger partial charge in [-0.2, -0.15) is 0 Å². The predicted molar refractivity (Wildman–Crippen MR) is 102 cm³/mol. The van der Waals surface area contributed by atoms with E-state index in [1.165, 1.54) is 30.3 Å². The fraction of sp³-hybridized carbons (Fsp3) is 0.143. The molecule has 0 unspecified atom stereocenters. The number of hydrazine groups is 1. The molecule has 150 valence electrons. The fourth-order valence-electron chi connectivity index (χ4n) is 2.38. The van der Waals surface area contributed by atoms with Crippen LogP contribution in [0.4, 0.5) is 4.39 Å². The second-order valence-electron chi connectivity index (χ2n) is 5.87. The SMILES string of the molecule is CCOc1ccc(C(=O)NNC(=O)c2ccc(COc3ccc(F)cc3)o2)cc1. The van der Waals surface area contributed by atoms with Crippen molar-refractivity contribution in [2.45, 2.75) is 13.5 Å². The number of nitrogens with one attached hydrogen (secondary N) is 2. The summed E-state index contributed by atoms with van der Waals surface area (Å²) in [6.45, 7) is 2.46. The zero-order valence-electron chi connectivity index (χ0n) is 15.6. The van der Waals surface area contributed by atoms with E-state index in [1.54, 1.807) is 30.3 Å². The van der Waals surface area contributed by atoms with E-state index in [0.29, 0.717) is 29.4 Å². The third-order valence-electron chi connectivity index (χ3n) is 3.80. The van der Waals surface area contributed by atoms with Crippen LogP contribution in [0.3, 0.4) is 0 Å². The second kappa shape index (κ2) is 9.41. The Balaban J connectivity index is 1.49. The summed E-state index contributed by atoms with van der Waals surface area (Å²) in [5, 5.41) is 0. The van der Waals surface area contributed by atoms with Gasteiger partial charge in [-0.25, -0.2) is 4.39 Å². The number of ether oxygens (including phenoxy) is 2. The molecule has 0 fully saturated rings. The number of hydrogen-bond acceptors (Lipinski definition) is 5. The molecule has 2 amide bonds. The molecule has 2 N–H and O–H groups in total. The summed E-state index contributed by atoms with van der Waals surface area (Å²) in [6, 6.07) is 15.1. The standard InChI is InChI=1S/C21H19FN2O5/c1-2-27-16-7-3-14(4-8-16)20(25)23-24-21(26)19-12-11-18(29-19)13-28-17-9-5-15(22)6-10-17/h3-12H,2,13H2,1H3,(H,23,25)(H,24,26). The normalized spacial score (nSPS) is 10.3. The minimum atomic E-state index is -0.614. The molecule has 0 aliphatic carbocycles. The van der Waals surface area contributed by atoms with Crippen LogP contribution in [0, 0.1) is 5.82 Å². The monoisotopic (exact) mass is 398 g/mol. The van der Waals surface area contributed by atoms with Crippen molar-refractivity contribution in [1.82, 2.24) is 10.9 Å². The Hall–Kier alpha value is -3.81. The Morgan fingerprint density at radius 2 is 1.48 bits per heavy atom. The largest absolute Gasteiger partial charge is 0.494 e. The van der Waals surface area contributed by atoms with Gasteiger partial charge in [0.1, 0.15) is 29.7 Å². The summed E-state index contributed by atoms with van der Waals surface area (Å²) in [5.74, 6) is 0.0780. The summed E-state index contributed by atoms with van der Waals surface area (Å²) in [7, 11) is 0. The first-order valence-corrected chi connectivity index (χ1v) is 8.86. The summed E-state index contributed by atoms with van der Waals surface area (Å²) >= 11 is 0. The van der Waals surface area contributed by atoms with Gasteiger partial charge in [-0.1, -0.05) is 0 Å². The molecular formula is C21H19FN2O5. The highest BCUT2D eigenvalue weighted by Gasteiger charge is 2.13. The lowest BCUT2D eigenvalue weighted by molar-refractivity contribution is 0.0828. The van der Waals surface area contributed by atoms with Gasteiger partial charge in [-0.15, -0.1) is 0 Å². The number of benzene rings is 2. The number of amides is 2. The Morgan fingerprint density at radius 3 is 2.17 bits per heavy atom. The highest BCUT2D eigenvalue weighted by atomic mass is 19.1.